The van der Waals surface area contributed by atoms with Crippen LogP contribution in [-0.4, -0.2) is 76.5 Å². The topological polar surface area (TPSA) is 149 Å². The molecule has 0 radical (unpaired) electrons. The van der Waals surface area contributed by atoms with Crippen molar-refractivity contribution in [3.05, 3.63) is 142 Å². The summed E-state index contributed by atoms with van der Waals surface area (Å²) < 4.78 is 10.6. The highest BCUT2D eigenvalue weighted by Gasteiger charge is 2.54. The van der Waals surface area contributed by atoms with Gasteiger partial charge in [0.2, 0.25) is 0 Å². The van der Waals surface area contributed by atoms with Crippen LogP contribution in [0.5, 0.6) is 0 Å². The number of amides is 2. The minimum atomic E-state index is -0.954. The monoisotopic (exact) mass is 779 g/mol. The first-order valence-corrected chi connectivity index (χ1v) is 19.4. The Bertz CT molecular complexity index is 2030. The highest BCUT2D eigenvalue weighted by Crippen LogP contribution is 2.42. The number of esters is 2. The molecule has 2 amide bonds. The average Bonchev–Trinajstić information content (AvgIpc) is 3.64. The number of carbonyl (C=O) groups is 4. The van der Waals surface area contributed by atoms with Gasteiger partial charge in [-0.15, -0.1) is 23.1 Å². The summed E-state index contributed by atoms with van der Waals surface area (Å²) in [5.41, 5.74) is 1.44. The van der Waals surface area contributed by atoms with E-state index >= 15 is 0 Å². The zero-order valence-electron chi connectivity index (χ0n) is 31.0. The molecule has 55 heavy (non-hydrogen) atoms. The van der Waals surface area contributed by atoms with Crippen LogP contribution in [0, 0.1) is 0 Å². The number of nitrogens with zero attached hydrogens (tertiary/aromatic N) is 3. The zero-order chi connectivity index (χ0) is 39.2. The number of ether oxygens (including phenoxy) is 2. The second kappa shape index (κ2) is 16.7. The smallest absolute Gasteiger partial charge is 0.356 e. The summed E-state index contributed by atoms with van der Waals surface area (Å²) in [7, 11) is 1.33. The predicted octanol–water partition coefficient (Wildman–Crippen LogP) is 6.01. The van der Waals surface area contributed by atoms with Crippen LogP contribution in [0.25, 0.3) is 0 Å². The van der Waals surface area contributed by atoms with Crippen LogP contribution in [0.2, 0.25) is 0 Å². The molecule has 0 saturated carbocycles. The summed E-state index contributed by atoms with van der Waals surface area (Å²) in [5, 5.41) is 12.8. The first kappa shape index (κ1) is 39.0. The number of nitrogens with one attached hydrogen (secondary N) is 2. The van der Waals surface area contributed by atoms with Gasteiger partial charge >= 0.3 is 11.9 Å². The highest BCUT2D eigenvalue weighted by atomic mass is 32.2. The number of thioether (sulfide) groups is 1. The number of aromatic nitrogens is 1. The Morgan fingerprint density at radius 2 is 1.53 bits per heavy atom. The van der Waals surface area contributed by atoms with E-state index in [1.807, 2.05) is 54.6 Å². The lowest BCUT2D eigenvalue weighted by Gasteiger charge is -2.50. The number of allylic oxidation sites excluding steroid dienone is 1. The van der Waals surface area contributed by atoms with Gasteiger partial charge in [0.25, 0.3) is 11.8 Å². The van der Waals surface area contributed by atoms with Crippen LogP contribution in [0.4, 0.5) is 5.13 Å². The van der Waals surface area contributed by atoms with Crippen LogP contribution in [0.1, 0.15) is 50.1 Å². The maximum absolute atomic E-state index is 13.9. The summed E-state index contributed by atoms with van der Waals surface area (Å²) in [6.45, 7) is 6.50. The molecule has 3 heterocycles. The molecule has 14 heteroatoms. The maximum Gasteiger partial charge on any atom is 0.356 e. The Kier molecular flexibility index (Phi) is 11.9. The average molecular weight is 780 g/mol. The first-order valence-electron chi connectivity index (χ1n) is 17.5. The Balaban J connectivity index is 1.26. The number of thiazole rings is 1. The number of oxime groups is 1. The van der Waals surface area contributed by atoms with E-state index in [0.717, 1.165) is 16.7 Å². The van der Waals surface area contributed by atoms with Crippen LogP contribution >= 0.6 is 23.1 Å². The fraction of sp³-hybridized carbons (Fsp3) is 0.268. The summed E-state index contributed by atoms with van der Waals surface area (Å²) >= 11 is 2.63. The van der Waals surface area contributed by atoms with Crippen molar-refractivity contribution >= 4 is 57.7 Å². The molecule has 2 N–H and O–H groups in total. The summed E-state index contributed by atoms with van der Waals surface area (Å²) in [6, 6.07) is 28.7. The van der Waals surface area contributed by atoms with Crippen molar-refractivity contribution in [1.82, 2.24) is 15.2 Å². The van der Waals surface area contributed by atoms with Gasteiger partial charge < -0.3 is 24.9 Å². The van der Waals surface area contributed by atoms with Gasteiger partial charge in [-0.05, 0) is 49.6 Å². The molecule has 0 spiro atoms. The minimum Gasteiger partial charge on any atom is -0.462 e. The SMILES string of the molecule is CON=C(C(=O)NC1C(=O)N2C(C(=O)OC(C)(C)C)=C(/C=C/COC(C)=O)SCC12)c1csc(NC(c2ccccc2)(c2ccccc2)c2ccccc2)n1. The lowest BCUT2D eigenvalue weighted by atomic mass is 9.77. The van der Waals surface area contributed by atoms with Crippen molar-refractivity contribution < 1.29 is 33.5 Å². The lowest BCUT2D eigenvalue weighted by Crippen LogP contribution is -2.73. The lowest BCUT2D eigenvalue weighted by molar-refractivity contribution is -0.160. The molecule has 0 aliphatic carbocycles. The molecular weight excluding hydrogens is 739 g/mol. The van der Waals surface area contributed by atoms with Gasteiger partial charge in [0, 0.05) is 23.0 Å². The van der Waals surface area contributed by atoms with Crippen LogP contribution in [0.3, 0.4) is 0 Å². The number of fused-ring (bicyclic) bond motifs is 1. The molecule has 1 aromatic heterocycles. The van der Waals surface area contributed by atoms with Crippen LogP contribution in [-0.2, 0) is 39.0 Å². The number of β-lactam (4-membered cyclic amide) rings is 1. The largest absolute Gasteiger partial charge is 0.462 e. The number of hydrogen-bond acceptors (Lipinski definition) is 12. The molecule has 284 valence electrons. The molecule has 6 rings (SSSR count). The molecule has 2 aliphatic rings. The van der Waals surface area contributed by atoms with Crippen molar-refractivity contribution in [1.29, 1.82) is 0 Å². The molecule has 12 nitrogen and oxygen atoms in total. The van der Waals surface area contributed by atoms with Crippen molar-refractivity contribution in [3.8, 4) is 0 Å². The third-order valence-electron chi connectivity index (χ3n) is 8.69. The van der Waals surface area contributed by atoms with Crippen LogP contribution in [0.15, 0.2) is 124 Å². The van der Waals surface area contributed by atoms with Crippen LogP contribution < -0.4 is 10.6 Å². The Morgan fingerprint density at radius 3 is 2.05 bits per heavy atom. The quantitative estimate of drug-likeness (QED) is 0.0544. The fourth-order valence-electron chi connectivity index (χ4n) is 6.37. The third kappa shape index (κ3) is 8.50. The van der Waals surface area contributed by atoms with Crippen molar-refractivity contribution in [2.45, 2.75) is 50.9 Å². The Labute approximate surface area is 327 Å². The number of anilines is 1. The zero-order valence-corrected chi connectivity index (χ0v) is 32.6. The number of rotatable bonds is 13. The molecule has 2 unspecified atom stereocenters. The molecule has 1 saturated heterocycles. The van der Waals surface area contributed by atoms with Crippen molar-refractivity contribution in [2.75, 3.05) is 24.8 Å². The standard InChI is InChI=1S/C41H41N5O7S2/c1-26(47)52-23-15-22-32-35(38(50)53-40(2,3)4)46-31(25-54-32)34(37(46)49)43-36(48)33(45-51-5)30-24-55-39(42-30)44-41(27-16-9-6-10-17-27,28-18-11-7-12-19-28)29-20-13-8-14-21-29/h6-22,24,31,34H,23,25H2,1-5H3,(H,42,44)(H,43,48)/b22-15+,45-33?. The molecule has 4 aromatic rings. The first-order chi connectivity index (χ1) is 26.4. The molecule has 3 aromatic carbocycles. The number of benzene rings is 3. The Hall–Kier alpha value is -5.73. The predicted molar refractivity (Wildman–Crippen MR) is 212 cm³/mol. The second-order valence-electron chi connectivity index (χ2n) is 13.6. The van der Waals surface area contributed by atoms with Crippen molar-refractivity contribution in [3.63, 3.8) is 0 Å². The Morgan fingerprint density at radius 1 is 0.945 bits per heavy atom. The van der Waals surface area contributed by atoms with Gasteiger partial charge in [0.1, 0.15) is 42.3 Å². The van der Waals surface area contributed by atoms with Crippen molar-refractivity contribution in [2.24, 2.45) is 5.16 Å². The molecule has 0 bridgehead atoms. The molecule has 2 atom stereocenters. The second-order valence-corrected chi connectivity index (χ2v) is 15.5. The molecular formula is C41H41N5O7S2. The minimum absolute atomic E-state index is 0.00172. The van der Waals surface area contributed by atoms with E-state index in [9.17, 15) is 19.2 Å². The number of hydrogen-bond donors (Lipinski definition) is 2. The highest BCUT2D eigenvalue weighted by molar-refractivity contribution is 8.03. The normalized spacial score (nSPS) is 17.3. The van der Waals surface area contributed by atoms with Gasteiger partial charge in [0.05, 0.1) is 6.04 Å². The summed E-state index contributed by atoms with van der Waals surface area (Å²) in [4.78, 5) is 64.1. The van der Waals surface area contributed by atoms with E-state index in [1.54, 1.807) is 38.3 Å². The maximum atomic E-state index is 13.9. The van der Waals surface area contributed by atoms with Gasteiger partial charge in [-0.2, -0.15) is 0 Å². The summed E-state index contributed by atoms with van der Waals surface area (Å²) in [5.74, 6) is -1.91. The number of carbonyl (C=O) groups excluding carboxylic acids is 4. The van der Waals surface area contributed by atoms with E-state index in [2.05, 4.69) is 52.2 Å². The van der Waals surface area contributed by atoms with E-state index < -0.39 is 47.0 Å². The van der Waals surface area contributed by atoms with E-state index in [0.29, 0.717) is 15.8 Å². The van der Waals surface area contributed by atoms with E-state index in [1.165, 1.54) is 42.0 Å². The van der Waals surface area contributed by atoms with E-state index in [4.69, 9.17) is 19.3 Å². The third-order valence-corrected chi connectivity index (χ3v) is 10.6. The molecule has 1 fully saturated rings. The van der Waals surface area contributed by atoms with E-state index in [-0.39, 0.29) is 23.7 Å². The molecule has 2 aliphatic heterocycles. The van der Waals surface area contributed by atoms with Gasteiger partial charge in [0.15, 0.2) is 10.8 Å². The van der Waals surface area contributed by atoms with Gasteiger partial charge in [-0.3, -0.25) is 19.3 Å². The van der Waals surface area contributed by atoms with Gasteiger partial charge in [-0.1, -0.05) is 96.2 Å². The summed E-state index contributed by atoms with van der Waals surface area (Å²) in [6.07, 6.45) is 3.22. The fourth-order valence-corrected chi connectivity index (χ4v) is 8.32. The van der Waals surface area contributed by atoms with Gasteiger partial charge in [-0.25, -0.2) is 9.78 Å².